The highest BCUT2D eigenvalue weighted by molar-refractivity contribution is 7.92. The second-order valence-corrected chi connectivity index (χ2v) is 9.56. The standard InChI is InChI=1S/C15H21Cl2F2N3O3S/c1-15(2,26(4,23)24)8-22-14(20-3)21-7-9-5-10(16)6-11(17)12(9)25-13(18)19/h5-6,13H,7-8H2,1-4H3,(H2,20,21,22). The van der Waals surface area contributed by atoms with Gasteiger partial charge < -0.3 is 15.4 Å². The lowest BCUT2D eigenvalue weighted by molar-refractivity contribution is -0.0504. The molecule has 0 heterocycles. The average molecular weight is 432 g/mol. The molecule has 0 unspecified atom stereocenters. The number of nitrogens with one attached hydrogen (secondary N) is 2. The number of guanidine groups is 1. The predicted octanol–water partition coefficient (Wildman–Crippen LogP) is 3.08. The van der Waals surface area contributed by atoms with E-state index in [0.29, 0.717) is 5.56 Å². The number of hydrogen-bond donors (Lipinski definition) is 2. The number of aliphatic imine (C=N–C) groups is 1. The molecule has 0 atom stereocenters. The number of hydrogen-bond acceptors (Lipinski definition) is 4. The van der Waals surface area contributed by atoms with Crippen LogP contribution in [0.2, 0.25) is 10.0 Å². The Morgan fingerprint density at radius 2 is 1.92 bits per heavy atom. The van der Waals surface area contributed by atoms with Crippen LogP contribution in [0.25, 0.3) is 0 Å². The highest BCUT2D eigenvalue weighted by Crippen LogP contribution is 2.33. The van der Waals surface area contributed by atoms with Crippen molar-refractivity contribution >= 4 is 39.0 Å². The largest absolute Gasteiger partial charge is 0.433 e. The summed E-state index contributed by atoms with van der Waals surface area (Å²) < 4.78 is 52.1. The number of sulfone groups is 1. The lowest BCUT2D eigenvalue weighted by Crippen LogP contribution is -2.47. The lowest BCUT2D eigenvalue weighted by Gasteiger charge is -2.24. The van der Waals surface area contributed by atoms with E-state index >= 15 is 0 Å². The van der Waals surface area contributed by atoms with Gasteiger partial charge >= 0.3 is 6.61 Å². The maximum absolute atomic E-state index is 12.6. The van der Waals surface area contributed by atoms with Crippen LogP contribution in [0.1, 0.15) is 19.4 Å². The van der Waals surface area contributed by atoms with Gasteiger partial charge in [0.05, 0.1) is 9.77 Å². The average Bonchev–Trinajstić information content (AvgIpc) is 2.49. The maximum atomic E-state index is 12.6. The fourth-order valence-corrected chi connectivity index (χ4v) is 2.71. The molecule has 0 aliphatic heterocycles. The van der Waals surface area contributed by atoms with E-state index in [1.165, 1.54) is 19.2 Å². The lowest BCUT2D eigenvalue weighted by atomic mass is 10.2. The molecule has 6 nitrogen and oxygen atoms in total. The summed E-state index contributed by atoms with van der Waals surface area (Å²) in [7, 11) is -1.80. The molecule has 148 valence electrons. The first-order valence-electron chi connectivity index (χ1n) is 7.44. The van der Waals surface area contributed by atoms with Gasteiger partial charge in [0, 0.05) is 37.0 Å². The Bertz CT molecular complexity index is 772. The zero-order chi connectivity index (χ0) is 20.1. The van der Waals surface area contributed by atoms with E-state index in [9.17, 15) is 17.2 Å². The summed E-state index contributed by atoms with van der Waals surface area (Å²) in [5.41, 5.74) is 0.299. The minimum absolute atomic E-state index is 0.0291. The molecule has 1 aromatic rings. The van der Waals surface area contributed by atoms with E-state index in [1.807, 2.05) is 0 Å². The second-order valence-electron chi connectivity index (χ2n) is 6.07. The summed E-state index contributed by atoms with van der Waals surface area (Å²) in [6, 6.07) is 2.73. The van der Waals surface area contributed by atoms with Gasteiger partial charge in [-0.05, 0) is 26.0 Å². The third-order valence-electron chi connectivity index (χ3n) is 3.65. The first kappa shape index (κ1) is 22.7. The molecule has 2 N–H and O–H groups in total. The van der Waals surface area contributed by atoms with Crippen LogP contribution in [0.5, 0.6) is 5.75 Å². The molecule has 0 aliphatic rings. The number of halogens is 4. The summed E-state index contributed by atoms with van der Waals surface area (Å²) in [6.07, 6.45) is 1.15. The molecule has 0 aromatic heterocycles. The third-order valence-corrected chi connectivity index (χ3v) is 6.30. The quantitative estimate of drug-likeness (QED) is 0.512. The van der Waals surface area contributed by atoms with Crippen LogP contribution in [0.3, 0.4) is 0 Å². The summed E-state index contributed by atoms with van der Waals surface area (Å²) in [5.74, 6) is 0.0892. The number of alkyl halides is 2. The Hall–Kier alpha value is -1.32. The summed E-state index contributed by atoms with van der Waals surface area (Å²) >= 11 is 11.8. The number of benzene rings is 1. The highest BCUT2D eigenvalue weighted by Gasteiger charge is 2.30. The zero-order valence-electron chi connectivity index (χ0n) is 14.7. The van der Waals surface area contributed by atoms with Gasteiger partial charge in [-0.2, -0.15) is 8.78 Å². The van der Waals surface area contributed by atoms with Gasteiger partial charge in [-0.15, -0.1) is 0 Å². The molecule has 1 rings (SSSR count). The zero-order valence-corrected chi connectivity index (χ0v) is 17.1. The van der Waals surface area contributed by atoms with Gasteiger partial charge in [-0.25, -0.2) is 8.42 Å². The van der Waals surface area contributed by atoms with Crippen LogP contribution in [-0.2, 0) is 16.4 Å². The fourth-order valence-electron chi connectivity index (χ4n) is 1.79. The molecule has 0 saturated heterocycles. The van der Waals surface area contributed by atoms with Gasteiger partial charge in [0.1, 0.15) is 5.75 Å². The van der Waals surface area contributed by atoms with E-state index in [4.69, 9.17) is 23.2 Å². The number of ether oxygens (including phenoxy) is 1. The molecule has 0 amide bonds. The van der Waals surface area contributed by atoms with E-state index in [-0.39, 0.29) is 34.8 Å². The van der Waals surface area contributed by atoms with Gasteiger partial charge in [0.15, 0.2) is 15.8 Å². The molecular weight excluding hydrogens is 411 g/mol. The Morgan fingerprint density at radius 1 is 1.31 bits per heavy atom. The second kappa shape index (κ2) is 9.05. The van der Waals surface area contributed by atoms with Crippen LogP contribution >= 0.6 is 23.2 Å². The first-order chi connectivity index (χ1) is 11.9. The number of nitrogens with zero attached hydrogens (tertiary/aromatic N) is 1. The van der Waals surface area contributed by atoms with Crippen molar-refractivity contribution in [2.45, 2.75) is 31.8 Å². The SMILES string of the molecule is CN=C(NCc1cc(Cl)cc(Cl)c1OC(F)F)NCC(C)(C)S(C)(=O)=O. The van der Waals surface area contributed by atoms with Crippen LogP contribution in [0.4, 0.5) is 8.78 Å². The van der Waals surface area contributed by atoms with E-state index in [0.717, 1.165) is 6.26 Å². The smallest absolute Gasteiger partial charge is 0.387 e. The highest BCUT2D eigenvalue weighted by atomic mass is 35.5. The third kappa shape index (κ3) is 6.44. The van der Waals surface area contributed by atoms with Gasteiger partial charge in [0.2, 0.25) is 0 Å². The van der Waals surface area contributed by atoms with Crippen molar-refractivity contribution in [3.05, 3.63) is 27.7 Å². The minimum atomic E-state index is -3.29. The molecule has 0 spiro atoms. The Morgan fingerprint density at radius 3 is 2.42 bits per heavy atom. The molecule has 11 heteroatoms. The molecule has 0 bridgehead atoms. The van der Waals surface area contributed by atoms with Gasteiger partial charge in [-0.1, -0.05) is 23.2 Å². The van der Waals surface area contributed by atoms with Crippen molar-refractivity contribution in [2.75, 3.05) is 19.8 Å². The topological polar surface area (TPSA) is 79.8 Å². The molecular formula is C15H21Cl2F2N3O3S. The van der Waals surface area contributed by atoms with E-state index in [2.05, 4.69) is 20.4 Å². The maximum Gasteiger partial charge on any atom is 0.387 e. The predicted molar refractivity (Wildman–Crippen MR) is 100 cm³/mol. The molecule has 1 aromatic carbocycles. The van der Waals surface area contributed by atoms with Gasteiger partial charge in [-0.3, -0.25) is 4.99 Å². The monoisotopic (exact) mass is 431 g/mol. The van der Waals surface area contributed by atoms with Crippen LogP contribution in [-0.4, -0.2) is 45.6 Å². The molecule has 0 aliphatic carbocycles. The van der Waals surface area contributed by atoms with Crippen LogP contribution < -0.4 is 15.4 Å². The summed E-state index contributed by atoms with van der Waals surface area (Å²) in [5, 5.41) is 5.97. The Labute approximate surface area is 161 Å². The van der Waals surface area contributed by atoms with Crippen molar-refractivity contribution in [1.29, 1.82) is 0 Å². The van der Waals surface area contributed by atoms with Crippen molar-refractivity contribution in [1.82, 2.24) is 10.6 Å². The Kier molecular flexibility index (Phi) is 7.91. The van der Waals surface area contributed by atoms with Crippen LogP contribution in [0.15, 0.2) is 17.1 Å². The molecule has 26 heavy (non-hydrogen) atoms. The van der Waals surface area contributed by atoms with E-state index in [1.54, 1.807) is 13.8 Å². The summed E-state index contributed by atoms with van der Waals surface area (Å²) in [4.78, 5) is 3.97. The Balaban J connectivity index is 2.87. The molecule has 0 saturated carbocycles. The fraction of sp³-hybridized carbons (Fsp3) is 0.533. The number of rotatable bonds is 7. The van der Waals surface area contributed by atoms with Gasteiger partial charge in [0.25, 0.3) is 0 Å². The normalized spacial score (nSPS) is 13.0. The van der Waals surface area contributed by atoms with Crippen molar-refractivity contribution in [2.24, 2.45) is 4.99 Å². The summed E-state index contributed by atoms with van der Waals surface area (Å²) in [6.45, 7) is 0.242. The van der Waals surface area contributed by atoms with Crippen molar-refractivity contribution in [3.8, 4) is 5.75 Å². The van der Waals surface area contributed by atoms with Crippen LogP contribution in [0, 0.1) is 0 Å². The molecule has 0 radical (unpaired) electrons. The van der Waals surface area contributed by atoms with Crippen molar-refractivity contribution in [3.63, 3.8) is 0 Å². The minimum Gasteiger partial charge on any atom is -0.433 e. The van der Waals surface area contributed by atoms with Crippen molar-refractivity contribution < 1.29 is 21.9 Å². The molecule has 0 fully saturated rings. The van der Waals surface area contributed by atoms with E-state index < -0.39 is 21.2 Å². The first-order valence-corrected chi connectivity index (χ1v) is 10.1.